The molecule has 0 aliphatic carbocycles. The van der Waals surface area contributed by atoms with E-state index in [1.165, 1.54) is 29.2 Å². The Kier molecular flexibility index (Phi) is 9.85. The van der Waals surface area contributed by atoms with Crippen LogP contribution in [0.4, 0.5) is 10.1 Å². The highest BCUT2D eigenvalue weighted by atomic mass is 79.9. The zero-order valence-electron chi connectivity index (χ0n) is 18.9. The molecule has 0 fully saturated rings. The third kappa shape index (κ3) is 7.82. The summed E-state index contributed by atoms with van der Waals surface area (Å²) in [6.07, 6.45) is 2.09. The van der Waals surface area contributed by atoms with Crippen LogP contribution in [0.2, 0.25) is 0 Å². The SMILES string of the molecule is CCCNC(=O)[C@@H](CC)N(Cc1ccc(F)cc1)C(=O)CN(c1cccc(Br)c1)S(C)(=O)=O. The maximum Gasteiger partial charge on any atom is 0.244 e. The van der Waals surface area contributed by atoms with Crippen molar-refractivity contribution in [1.29, 1.82) is 0 Å². The first-order valence-corrected chi connectivity index (χ1v) is 13.3. The highest BCUT2D eigenvalue weighted by Crippen LogP contribution is 2.23. The van der Waals surface area contributed by atoms with Crippen LogP contribution in [0.15, 0.2) is 53.0 Å². The standard InChI is InChI=1S/C23H29BrFN3O4S/c1-4-13-26-23(30)21(5-2)27(15-17-9-11-19(25)12-10-17)22(29)16-28(33(3,31)32)20-8-6-7-18(24)14-20/h6-12,14,21H,4-5,13,15-16H2,1-3H3,(H,26,30)/t21-/m1/s1. The Morgan fingerprint density at radius 1 is 1.12 bits per heavy atom. The van der Waals surface area contributed by atoms with Crippen LogP contribution < -0.4 is 9.62 Å². The van der Waals surface area contributed by atoms with Crippen LogP contribution in [0.3, 0.4) is 0 Å². The van der Waals surface area contributed by atoms with Gasteiger partial charge in [-0.25, -0.2) is 12.8 Å². The summed E-state index contributed by atoms with van der Waals surface area (Å²) in [6, 6.07) is 11.4. The fourth-order valence-corrected chi connectivity index (χ4v) is 4.55. The largest absolute Gasteiger partial charge is 0.354 e. The van der Waals surface area contributed by atoms with Crippen LogP contribution in [0.25, 0.3) is 0 Å². The van der Waals surface area contributed by atoms with Crippen molar-refractivity contribution in [2.45, 2.75) is 39.3 Å². The normalized spacial score (nSPS) is 12.2. The van der Waals surface area contributed by atoms with E-state index in [2.05, 4.69) is 21.2 Å². The predicted molar refractivity (Wildman–Crippen MR) is 131 cm³/mol. The molecule has 2 rings (SSSR count). The van der Waals surface area contributed by atoms with Gasteiger partial charge in [-0.2, -0.15) is 0 Å². The van der Waals surface area contributed by atoms with E-state index in [9.17, 15) is 22.4 Å². The summed E-state index contributed by atoms with van der Waals surface area (Å²) in [5, 5.41) is 2.81. The lowest BCUT2D eigenvalue weighted by atomic mass is 10.1. The molecule has 0 heterocycles. The van der Waals surface area contributed by atoms with Gasteiger partial charge in [-0.3, -0.25) is 13.9 Å². The predicted octanol–water partition coefficient (Wildman–Crippen LogP) is 3.69. The van der Waals surface area contributed by atoms with Crippen molar-refractivity contribution in [2.75, 3.05) is 23.7 Å². The first-order valence-electron chi connectivity index (χ1n) is 10.6. The van der Waals surface area contributed by atoms with Crippen LogP contribution >= 0.6 is 15.9 Å². The Balaban J connectivity index is 2.41. The van der Waals surface area contributed by atoms with E-state index >= 15 is 0 Å². The Morgan fingerprint density at radius 2 is 1.79 bits per heavy atom. The van der Waals surface area contributed by atoms with Crippen molar-refractivity contribution >= 4 is 43.5 Å². The Hall–Kier alpha value is -2.46. The highest BCUT2D eigenvalue weighted by molar-refractivity contribution is 9.10. The highest BCUT2D eigenvalue weighted by Gasteiger charge is 2.31. The van der Waals surface area contributed by atoms with Gasteiger partial charge < -0.3 is 10.2 Å². The summed E-state index contributed by atoms with van der Waals surface area (Å²) in [5.74, 6) is -1.27. The lowest BCUT2D eigenvalue weighted by molar-refractivity contribution is -0.140. The van der Waals surface area contributed by atoms with Crippen LogP contribution in [-0.2, 0) is 26.2 Å². The second kappa shape index (κ2) is 12.1. The molecule has 2 aromatic rings. The van der Waals surface area contributed by atoms with Gasteiger partial charge in [0.25, 0.3) is 0 Å². The number of hydrogen-bond donors (Lipinski definition) is 1. The number of nitrogens with one attached hydrogen (secondary N) is 1. The second-order valence-corrected chi connectivity index (χ2v) is 10.4. The number of amides is 2. The van der Waals surface area contributed by atoms with E-state index in [4.69, 9.17) is 0 Å². The zero-order valence-corrected chi connectivity index (χ0v) is 21.3. The van der Waals surface area contributed by atoms with E-state index in [-0.39, 0.29) is 12.5 Å². The molecule has 0 aromatic heterocycles. The van der Waals surface area contributed by atoms with Crippen LogP contribution in [0.1, 0.15) is 32.3 Å². The van der Waals surface area contributed by atoms with Crippen LogP contribution in [0.5, 0.6) is 0 Å². The van der Waals surface area contributed by atoms with Crippen molar-refractivity contribution in [1.82, 2.24) is 10.2 Å². The minimum absolute atomic E-state index is 0.0350. The number of rotatable bonds is 11. The first-order chi connectivity index (χ1) is 15.6. The van der Waals surface area contributed by atoms with E-state index in [0.29, 0.717) is 28.7 Å². The fourth-order valence-electron chi connectivity index (χ4n) is 3.32. The molecule has 0 saturated carbocycles. The van der Waals surface area contributed by atoms with E-state index in [1.54, 1.807) is 31.2 Å². The fraction of sp³-hybridized carbons (Fsp3) is 0.391. The number of carbonyl (C=O) groups excluding carboxylic acids is 2. The summed E-state index contributed by atoms with van der Waals surface area (Å²) in [5.41, 5.74) is 0.949. The van der Waals surface area contributed by atoms with Gasteiger partial charge in [0.1, 0.15) is 18.4 Å². The summed E-state index contributed by atoms with van der Waals surface area (Å²) < 4.78 is 40.1. The van der Waals surface area contributed by atoms with E-state index < -0.39 is 34.3 Å². The van der Waals surface area contributed by atoms with Gasteiger partial charge in [-0.1, -0.05) is 48.0 Å². The first kappa shape index (κ1) is 26.8. The van der Waals surface area contributed by atoms with Gasteiger partial charge in [0.2, 0.25) is 21.8 Å². The van der Waals surface area contributed by atoms with Crippen molar-refractivity contribution in [3.63, 3.8) is 0 Å². The molecule has 0 saturated heterocycles. The quantitative estimate of drug-likeness (QED) is 0.470. The molecular weight excluding hydrogens is 513 g/mol. The number of benzene rings is 2. The number of carbonyl (C=O) groups is 2. The number of nitrogens with zero attached hydrogens (tertiary/aromatic N) is 2. The molecule has 2 aromatic carbocycles. The average Bonchev–Trinajstić information content (AvgIpc) is 2.76. The molecule has 0 bridgehead atoms. The molecule has 0 aliphatic heterocycles. The molecule has 1 atom stereocenters. The van der Waals surface area contributed by atoms with E-state index in [1.807, 2.05) is 6.92 Å². The molecule has 0 aliphatic rings. The summed E-state index contributed by atoms with van der Waals surface area (Å²) in [4.78, 5) is 27.6. The summed E-state index contributed by atoms with van der Waals surface area (Å²) >= 11 is 3.32. The Morgan fingerprint density at radius 3 is 2.33 bits per heavy atom. The van der Waals surface area contributed by atoms with Gasteiger partial charge in [0, 0.05) is 17.6 Å². The van der Waals surface area contributed by atoms with Crippen LogP contribution in [-0.4, -0.2) is 50.5 Å². The van der Waals surface area contributed by atoms with Crippen molar-refractivity contribution in [2.24, 2.45) is 0 Å². The zero-order chi connectivity index (χ0) is 24.6. The van der Waals surface area contributed by atoms with Gasteiger partial charge >= 0.3 is 0 Å². The molecule has 7 nitrogen and oxygen atoms in total. The second-order valence-electron chi connectivity index (χ2n) is 7.61. The number of halogens is 2. The maximum atomic E-state index is 13.5. The summed E-state index contributed by atoms with van der Waals surface area (Å²) in [6.45, 7) is 3.72. The Bertz CT molecular complexity index is 1060. The lowest BCUT2D eigenvalue weighted by Crippen LogP contribution is -2.52. The number of anilines is 1. The monoisotopic (exact) mass is 541 g/mol. The van der Waals surface area contributed by atoms with Crippen LogP contribution in [0, 0.1) is 5.82 Å². The molecule has 1 N–H and O–H groups in total. The van der Waals surface area contributed by atoms with Crippen molar-refractivity contribution in [3.05, 3.63) is 64.4 Å². The van der Waals surface area contributed by atoms with Gasteiger partial charge in [-0.05, 0) is 48.7 Å². The van der Waals surface area contributed by atoms with Gasteiger partial charge in [0.05, 0.1) is 11.9 Å². The number of sulfonamides is 1. The van der Waals surface area contributed by atoms with E-state index in [0.717, 1.165) is 17.0 Å². The molecule has 10 heteroatoms. The molecule has 0 unspecified atom stereocenters. The molecule has 33 heavy (non-hydrogen) atoms. The minimum atomic E-state index is -3.79. The van der Waals surface area contributed by atoms with Gasteiger partial charge in [-0.15, -0.1) is 0 Å². The smallest absolute Gasteiger partial charge is 0.244 e. The molecular formula is C23H29BrFN3O4S. The lowest BCUT2D eigenvalue weighted by Gasteiger charge is -2.33. The Labute approximate surface area is 203 Å². The third-order valence-corrected chi connectivity index (χ3v) is 6.61. The molecule has 0 radical (unpaired) electrons. The molecule has 180 valence electrons. The average molecular weight is 542 g/mol. The molecule has 2 amide bonds. The van der Waals surface area contributed by atoms with Crippen molar-refractivity contribution < 1.29 is 22.4 Å². The molecule has 0 spiro atoms. The summed E-state index contributed by atoms with van der Waals surface area (Å²) in [7, 11) is -3.79. The topological polar surface area (TPSA) is 86.8 Å². The number of hydrogen-bond acceptors (Lipinski definition) is 4. The maximum absolute atomic E-state index is 13.5. The van der Waals surface area contributed by atoms with Gasteiger partial charge in [0.15, 0.2) is 0 Å². The third-order valence-electron chi connectivity index (χ3n) is 4.98. The van der Waals surface area contributed by atoms with Crippen molar-refractivity contribution in [3.8, 4) is 0 Å². The minimum Gasteiger partial charge on any atom is -0.354 e.